The normalized spacial score (nSPS) is 40.1. The van der Waals surface area contributed by atoms with Gasteiger partial charge in [-0.2, -0.15) is 5.26 Å². The van der Waals surface area contributed by atoms with Crippen molar-refractivity contribution < 1.29 is 14.6 Å². The summed E-state index contributed by atoms with van der Waals surface area (Å²) in [5.74, 6) is 0.0936. The van der Waals surface area contributed by atoms with Gasteiger partial charge >= 0.3 is 0 Å². The number of phenols is 2. The molecule has 3 nitrogen and oxygen atoms in total. The molecule has 0 aromatic heterocycles. The van der Waals surface area contributed by atoms with Crippen LogP contribution in [0, 0.1) is 51.6 Å². The van der Waals surface area contributed by atoms with E-state index in [0.717, 1.165) is 66.5 Å². The molecule has 4 aliphatic rings. The van der Waals surface area contributed by atoms with Crippen molar-refractivity contribution in [1.82, 2.24) is 0 Å². The third-order valence-corrected chi connectivity index (χ3v) is 13.6. The average Bonchev–Trinajstić information content (AvgIpc) is 2.92. The van der Waals surface area contributed by atoms with Gasteiger partial charge in [0.1, 0.15) is 5.82 Å². The zero-order chi connectivity index (χ0) is 28.9. The molecule has 0 bridgehead atoms. The Bertz CT molecular complexity index is 1460. The zero-order valence-electron chi connectivity index (χ0n) is 24.7. The van der Waals surface area contributed by atoms with E-state index in [1.807, 2.05) is 25.1 Å². The number of benzene rings is 2. The molecule has 212 valence electrons. The summed E-state index contributed by atoms with van der Waals surface area (Å²) in [7, 11) is 0. The van der Waals surface area contributed by atoms with Gasteiger partial charge in [-0.05, 0) is 128 Å². The fourth-order valence-electron chi connectivity index (χ4n) is 9.54. The number of fused-ring (bicyclic) bond motifs is 7. The zero-order valence-corrected chi connectivity index (χ0v) is 25.5. The van der Waals surface area contributed by atoms with E-state index in [1.54, 1.807) is 11.8 Å². The standard InChI is InChI=1S/C35H42FNO2S/c1-21-29-24(17-25(38)30(21)39)33(4)14-16-35(6)28-19-31(2,20-37)11-12-32(28,3)13-15-34(35,5)27(33)18-26(29)40-23-9-7-22(36)8-10-23/h7-10,17-18,26,28,38-39H,11-16,19H2,1-6H3/t26?,28-,31-,32-,33+,34-,35+/m1/s1. The predicted octanol–water partition coefficient (Wildman–Crippen LogP) is 9.51. The van der Waals surface area contributed by atoms with E-state index in [4.69, 9.17) is 0 Å². The van der Waals surface area contributed by atoms with E-state index >= 15 is 0 Å². The van der Waals surface area contributed by atoms with Crippen molar-refractivity contribution in [2.45, 2.75) is 102 Å². The van der Waals surface area contributed by atoms with Gasteiger partial charge in [0.25, 0.3) is 0 Å². The summed E-state index contributed by atoms with van der Waals surface area (Å²) in [6.07, 6.45) is 9.80. The molecular weight excluding hydrogens is 517 g/mol. The Morgan fingerprint density at radius 2 is 1.62 bits per heavy atom. The fourth-order valence-corrected chi connectivity index (χ4v) is 10.8. The van der Waals surface area contributed by atoms with E-state index in [9.17, 15) is 19.9 Å². The molecule has 5 heteroatoms. The lowest BCUT2D eigenvalue weighted by molar-refractivity contribution is -0.152. The molecule has 0 heterocycles. The molecule has 2 aromatic carbocycles. The van der Waals surface area contributed by atoms with Gasteiger partial charge in [-0.15, -0.1) is 11.8 Å². The summed E-state index contributed by atoms with van der Waals surface area (Å²) in [6.45, 7) is 13.9. The largest absolute Gasteiger partial charge is 0.504 e. The Morgan fingerprint density at radius 3 is 2.30 bits per heavy atom. The molecule has 40 heavy (non-hydrogen) atoms. The molecule has 1 unspecified atom stereocenters. The number of allylic oxidation sites excluding steroid dienone is 1. The summed E-state index contributed by atoms with van der Waals surface area (Å²) >= 11 is 1.68. The highest BCUT2D eigenvalue weighted by atomic mass is 32.2. The first-order chi connectivity index (χ1) is 18.7. The Kier molecular flexibility index (Phi) is 6.08. The highest BCUT2D eigenvalue weighted by molar-refractivity contribution is 7.99. The molecule has 4 aliphatic carbocycles. The lowest BCUT2D eigenvalue weighted by atomic mass is 9.34. The van der Waals surface area contributed by atoms with Crippen LogP contribution in [0.5, 0.6) is 11.5 Å². The SMILES string of the molecule is Cc1c(O)c(O)cc2c1C(Sc1ccc(F)cc1)C=C1[C@@]2(C)CC[C@@]2(C)[C@@H]3C[C@](C)(C#N)CC[C@]3(C)CC[C@]12C. The van der Waals surface area contributed by atoms with Crippen molar-refractivity contribution in [2.75, 3.05) is 0 Å². The number of phenolic OH excluding ortho intramolecular Hbond substituents is 2. The highest BCUT2D eigenvalue weighted by Crippen LogP contribution is 2.75. The number of aromatic hydroxyl groups is 2. The van der Waals surface area contributed by atoms with E-state index in [0.29, 0.717) is 5.92 Å². The lowest BCUT2D eigenvalue weighted by Crippen LogP contribution is -2.62. The quantitative estimate of drug-likeness (QED) is 0.284. The number of hydrogen-bond donors (Lipinski definition) is 2. The maximum atomic E-state index is 13.8. The first-order valence-electron chi connectivity index (χ1n) is 14.8. The number of thioether (sulfide) groups is 1. The Balaban J connectivity index is 1.53. The monoisotopic (exact) mass is 559 g/mol. The molecular formula is C35H42FNO2S. The van der Waals surface area contributed by atoms with E-state index < -0.39 is 0 Å². The van der Waals surface area contributed by atoms with Crippen LogP contribution in [-0.2, 0) is 5.41 Å². The number of nitrogens with zero attached hydrogens (tertiary/aromatic N) is 1. The summed E-state index contributed by atoms with van der Waals surface area (Å²) in [5, 5.41) is 31.7. The van der Waals surface area contributed by atoms with Gasteiger partial charge < -0.3 is 10.2 Å². The number of hydrogen-bond acceptors (Lipinski definition) is 4. The Labute approximate surface area is 242 Å². The maximum absolute atomic E-state index is 13.8. The van der Waals surface area contributed by atoms with E-state index in [2.05, 4.69) is 46.8 Å². The van der Waals surface area contributed by atoms with Gasteiger partial charge in [-0.3, -0.25) is 0 Å². The second-order valence-corrected chi connectivity index (χ2v) is 15.8. The molecule has 0 saturated heterocycles. The van der Waals surface area contributed by atoms with Crippen LogP contribution in [0.4, 0.5) is 4.39 Å². The summed E-state index contributed by atoms with van der Waals surface area (Å²) < 4.78 is 13.8. The molecule has 2 aromatic rings. The van der Waals surface area contributed by atoms with Crippen molar-refractivity contribution in [3.8, 4) is 17.6 Å². The van der Waals surface area contributed by atoms with Gasteiger partial charge in [-0.1, -0.05) is 39.3 Å². The second kappa shape index (κ2) is 8.78. The molecule has 2 N–H and O–H groups in total. The second-order valence-electron chi connectivity index (χ2n) is 14.6. The van der Waals surface area contributed by atoms with Crippen LogP contribution in [0.2, 0.25) is 0 Å². The van der Waals surface area contributed by atoms with Crippen molar-refractivity contribution >= 4 is 11.8 Å². The van der Waals surface area contributed by atoms with Crippen LogP contribution in [0.1, 0.15) is 102 Å². The van der Waals surface area contributed by atoms with Crippen molar-refractivity contribution in [3.05, 3.63) is 64.5 Å². The van der Waals surface area contributed by atoms with Gasteiger partial charge in [0, 0.05) is 10.3 Å². The summed E-state index contributed by atoms with van der Waals surface area (Å²) in [6, 6.07) is 11.2. The third-order valence-electron chi connectivity index (χ3n) is 12.4. The minimum absolute atomic E-state index is 0.0421. The van der Waals surface area contributed by atoms with Crippen LogP contribution in [0.15, 0.2) is 46.9 Å². The van der Waals surface area contributed by atoms with E-state index in [1.165, 1.54) is 17.7 Å². The molecule has 3 saturated carbocycles. The third kappa shape index (κ3) is 3.67. The molecule has 0 amide bonds. The molecule has 0 radical (unpaired) electrons. The van der Waals surface area contributed by atoms with E-state index in [-0.39, 0.29) is 49.6 Å². The topological polar surface area (TPSA) is 64.2 Å². The molecule has 0 aliphatic heterocycles. The van der Waals surface area contributed by atoms with Crippen LogP contribution in [0.3, 0.4) is 0 Å². The Morgan fingerprint density at radius 1 is 0.950 bits per heavy atom. The molecule has 6 rings (SSSR count). The molecule has 3 fully saturated rings. The summed E-state index contributed by atoms with van der Waals surface area (Å²) in [5.41, 5.74) is 4.02. The van der Waals surface area contributed by atoms with Crippen molar-refractivity contribution in [3.63, 3.8) is 0 Å². The van der Waals surface area contributed by atoms with Gasteiger partial charge in [0.15, 0.2) is 11.5 Å². The Hall–Kier alpha value is -2.45. The first-order valence-corrected chi connectivity index (χ1v) is 15.7. The minimum Gasteiger partial charge on any atom is -0.504 e. The molecule has 0 spiro atoms. The molecule has 7 atom stereocenters. The number of rotatable bonds is 2. The first kappa shape index (κ1) is 27.7. The van der Waals surface area contributed by atoms with Gasteiger partial charge in [0.05, 0.1) is 16.7 Å². The van der Waals surface area contributed by atoms with Crippen LogP contribution >= 0.6 is 11.8 Å². The summed E-state index contributed by atoms with van der Waals surface area (Å²) in [4.78, 5) is 0.974. The van der Waals surface area contributed by atoms with Crippen LogP contribution in [0.25, 0.3) is 0 Å². The minimum atomic E-state index is -0.277. The predicted molar refractivity (Wildman–Crippen MR) is 159 cm³/mol. The fraction of sp³-hybridized carbons (Fsp3) is 0.571. The van der Waals surface area contributed by atoms with Crippen molar-refractivity contribution in [1.29, 1.82) is 5.26 Å². The van der Waals surface area contributed by atoms with Crippen LogP contribution < -0.4 is 0 Å². The van der Waals surface area contributed by atoms with Crippen molar-refractivity contribution in [2.24, 2.45) is 27.6 Å². The maximum Gasteiger partial charge on any atom is 0.160 e. The number of nitriles is 1. The van der Waals surface area contributed by atoms with Crippen LogP contribution in [-0.4, -0.2) is 10.2 Å². The smallest absolute Gasteiger partial charge is 0.160 e. The average molecular weight is 560 g/mol. The lowest BCUT2D eigenvalue weighted by Gasteiger charge is -2.70. The van der Waals surface area contributed by atoms with Gasteiger partial charge in [-0.25, -0.2) is 4.39 Å². The highest BCUT2D eigenvalue weighted by Gasteiger charge is 2.66. The number of halogens is 1. The van der Waals surface area contributed by atoms with Gasteiger partial charge in [0.2, 0.25) is 0 Å².